The number of rotatable bonds is 15. The van der Waals surface area contributed by atoms with Crippen molar-refractivity contribution >= 4 is 12.3 Å². The Kier molecular flexibility index (Phi) is 11.8. The van der Waals surface area contributed by atoms with Crippen molar-refractivity contribution in [1.82, 2.24) is 4.98 Å². The summed E-state index contributed by atoms with van der Waals surface area (Å²) in [6.45, 7) is 1.96. The van der Waals surface area contributed by atoms with Crippen LogP contribution in [-0.4, -0.2) is 22.3 Å². The van der Waals surface area contributed by atoms with Crippen LogP contribution in [0.5, 0.6) is 0 Å². The van der Waals surface area contributed by atoms with Gasteiger partial charge in [0.2, 0.25) is 5.56 Å². The minimum atomic E-state index is -0.899. The summed E-state index contributed by atoms with van der Waals surface area (Å²) in [5.41, 5.74) is 1.05. The van der Waals surface area contributed by atoms with Crippen LogP contribution < -0.4 is 5.56 Å². The minimum absolute atomic E-state index is 0.0846. The number of H-pyrrole nitrogens is 1. The van der Waals surface area contributed by atoms with Crippen molar-refractivity contribution in [3.05, 3.63) is 46.4 Å². The van der Waals surface area contributed by atoms with Crippen LogP contribution in [0, 0.1) is 11.8 Å². The van der Waals surface area contributed by atoms with Gasteiger partial charge >= 0.3 is 5.97 Å². The Hall–Kier alpha value is -2.17. The van der Waals surface area contributed by atoms with E-state index < -0.39 is 5.97 Å². The van der Waals surface area contributed by atoms with Gasteiger partial charge in [-0.15, -0.1) is 0 Å². The minimum Gasteiger partial charge on any atom is -0.478 e. The second-order valence-corrected chi connectivity index (χ2v) is 7.41. The number of aliphatic carboxylic acids is 1. The SMILES string of the molecule is C[C@H](C=O)CCCCCC[C@H](CCC/C=C/C(=O)O)Cc1ccc(=O)[nH]c1. The van der Waals surface area contributed by atoms with Gasteiger partial charge in [0.1, 0.15) is 6.29 Å². The molecule has 0 unspecified atom stereocenters. The van der Waals surface area contributed by atoms with E-state index >= 15 is 0 Å². The molecule has 0 saturated heterocycles. The fraction of sp³-hybridized carbons (Fsp3) is 0.591. The molecule has 2 N–H and O–H groups in total. The predicted molar refractivity (Wildman–Crippen MR) is 108 cm³/mol. The Balaban J connectivity index is 2.39. The van der Waals surface area contributed by atoms with Gasteiger partial charge in [0.05, 0.1) is 0 Å². The highest BCUT2D eigenvalue weighted by Gasteiger charge is 2.10. The van der Waals surface area contributed by atoms with Crippen molar-refractivity contribution in [3.8, 4) is 0 Å². The molecular weight excluding hydrogens is 342 g/mol. The molecule has 5 heteroatoms. The number of hydrogen-bond acceptors (Lipinski definition) is 3. The van der Waals surface area contributed by atoms with Crippen LogP contribution in [-0.2, 0) is 16.0 Å². The standard InChI is InChI=1S/C22H33NO4/c1-18(17-24)9-5-2-3-6-10-19(11-7-4-8-12-22(26)27)15-20-13-14-21(25)23-16-20/h8,12-14,16-19H,2-7,9-11,15H2,1H3,(H,23,25)(H,26,27)/b12-8+/t18-,19+/m0/s1. The number of aromatic nitrogens is 1. The molecule has 150 valence electrons. The van der Waals surface area contributed by atoms with E-state index in [1.54, 1.807) is 18.3 Å². The van der Waals surface area contributed by atoms with Crippen LogP contribution in [0.1, 0.15) is 70.3 Å². The lowest BCUT2D eigenvalue weighted by Crippen LogP contribution is -2.08. The average molecular weight is 376 g/mol. The largest absolute Gasteiger partial charge is 0.478 e. The quantitative estimate of drug-likeness (QED) is 0.268. The number of nitrogens with one attached hydrogen (secondary N) is 1. The summed E-state index contributed by atoms with van der Waals surface area (Å²) in [5.74, 6) is -0.205. The molecule has 5 nitrogen and oxygen atoms in total. The molecule has 0 amide bonds. The monoisotopic (exact) mass is 375 g/mol. The average Bonchev–Trinajstić information content (AvgIpc) is 2.65. The zero-order valence-electron chi connectivity index (χ0n) is 16.4. The molecule has 0 aliphatic rings. The molecule has 0 spiro atoms. The third-order valence-electron chi connectivity index (χ3n) is 4.87. The van der Waals surface area contributed by atoms with Crippen molar-refractivity contribution in [1.29, 1.82) is 0 Å². The Labute approximate surface area is 161 Å². The summed E-state index contributed by atoms with van der Waals surface area (Å²) in [6.07, 6.45) is 16.2. The van der Waals surface area contributed by atoms with Crippen LogP contribution >= 0.6 is 0 Å². The van der Waals surface area contributed by atoms with Gasteiger partial charge in [0.25, 0.3) is 0 Å². The number of aldehydes is 1. The normalized spacial score (nSPS) is 13.5. The highest BCUT2D eigenvalue weighted by Crippen LogP contribution is 2.22. The number of carbonyl (C=O) groups is 2. The van der Waals surface area contributed by atoms with E-state index in [-0.39, 0.29) is 11.5 Å². The number of carbonyl (C=O) groups excluding carboxylic acids is 1. The lowest BCUT2D eigenvalue weighted by molar-refractivity contribution is -0.131. The lowest BCUT2D eigenvalue weighted by atomic mass is 9.89. The van der Waals surface area contributed by atoms with Gasteiger partial charge in [-0.1, -0.05) is 51.2 Å². The first-order valence-electron chi connectivity index (χ1n) is 10.0. The number of pyridine rings is 1. The fourth-order valence-electron chi connectivity index (χ4n) is 3.28. The number of unbranched alkanes of at least 4 members (excludes halogenated alkanes) is 4. The van der Waals surface area contributed by atoms with E-state index in [4.69, 9.17) is 5.11 Å². The van der Waals surface area contributed by atoms with Crippen molar-refractivity contribution < 1.29 is 14.7 Å². The van der Waals surface area contributed by atoms with Crippen molar-refractivity contribution in [2.75, 3.05) is 0 Å². The summed E-state index contributed by atoms with van der Waals surface area (Å²) in [6, 6.07) is 3.45. The smallest absolute Gasteiger partial charge is 0.327 e. The van der Waals surface area contributed by atoms with Crippen molar-refractivity contribution in [3.63, 3.8) is 0 Å². The molecular formula is C22H33NO4. The molecule has 0 bridgehead atoms. The molecule has 0 radical (unpaired) electrons. The maximum atomic E-state index is 11.2. The molecule has 1 rings (SSSR count). The number of hydrogen-bond donors (Lipinski definition) is 2. The van der Waals surface area contributed by atoms with Gasteiger partial charge in [-0.05, 0) is 43.6 Å². The molecule has 0 saturated carbocycles. The maximum Gasteiger partial charge on any atom is 0.327 e. The topological polar surface area (TPSA) is 87.2 Å². The fourth-order valence-corrected chi connectivity index (χ4v) is 3.28. The Bertz CT molecular complexity index is 615. The first-order chi connectivity index (χ1) is 13.0. The first kappa shape index (κ1) is 22.9. The molecule has 0 aliphatic heterocycles. The van der Waals surface area contributed by atoms with Crippen LogP contribution in [0.3, 0.4) is 0 Å². The van der Waals surface area contributed by atoms with Crippen LogP contribution in [0.4, 0.5) is 0 Å². The van der Waals surface area contributed by atoms with Gasteiger partial charge < -0.3 is 14.9 Å². The predicted octanol–water partition coefficient (Wildman–Crippen LogP) is 4.52. The lowest BCUT2D eigenvalue weighted by Gasteiger charge is -2.17. The second-order valence-electron chi connectivity index (χ2n) is 7.41. The third kappa shape index (κ3) is 11.9. The summed E-state index contributed by atoms with van der Waals surface area (Å²) in [4.78, 5) is 35.1. The van der Waals surface area contributed by atoms with Crippen LogP contribution in [0.25, 0.3) is 0 Å². The van der Waals surface area contributed by atoms with Crippen molar-refractivity contribution in [2.45, 2.75) is 71.1 Å². The summed E-state index contributed by atoms with van der Waals surface area (Å²) < 4.78 is 0. The van der Waals surface area contributed by atoms with Gasteiger partial charge in [0, 0.05) is 24.3 Å². The Morgan fingerprint density at radius 2 is 1.81 bits per heavy atom. The molecule has 1 aromatic rings. The number of carboxylic acid groups (broad SMARTS) is 1. The highest BCUT2D eigenvalue weighted by molar-refractivity contribution is 5.79. The van der Waals surface area contributed by atoms with E-state index in [0.717, 1.165) is 69.6 Å². The molecule has 2 atom stereocenters. The van der Waals surface area contributed by atoms with Gasteiger partial charge in [-0.2, -0.15) is 0 Å². The maximum absolute atomic E-state index is 11.2. The Morgan fingerprint density at radius 3 is 2.44 bits per heavy atom. The van der Waals surface area contributed by atoms with Crippen LogP contribution in [0.2, 0.25) is 0 Å². The summed E-state index contributed by atoms with van der Waals surface area (Å²) >= 11 is 0. The summed E-state index contributed by atoms with van der Waals surface area (Å²) in [5, 5.41) is 8.64. The highest BCUT2D eigenvalue weighted by atomic mass is 16.4. The van der Waals surface area contributed by atoms with Crippen LogP contribution in [0.15, 0.2) is 35.3 Å². The van der Waals surface area contributed by atoms with E-state index in [2.05, 4.69) is 4.98 Å². The molecule has 0 aromatic carbocycles. The molecule has 0 fully saturated rings. The second kappa shape index (κ2) is 14.0. The van der Waals surface area contributed by atoms with E-state index in [9.17, 15) is 14.4 Å². The van der Waals surface area contributed by atoms with E-state index in [0.29, 0.717) is 5.92 Å². The third-order valence-corrected chi connectivity index (χ3v) is 4.87. The Morgan fingerprint density at radius 1 is 1.11 bits per heavy atom. The number of allylic oxidation sites excluding steroid dienone is 1. The van der Waals surface area contributed by atoms with Gasteiger partial charge in [-0.3, -0.25) is 4.79 Å². The first-order valence-corrected chi connectivity index (χ1v) is 10.0. The van der Waals surface area contributed by atoms with Crippen molar-refractivity contribution in [2.24, 2.45) is 11.8 Å². The van der Waals surface area contributed by atoms with E-state index in [1.165, 1.54) is 12.5 Å². The zero-order valence-corrected chi connectivity index (χ0v) is 16.4. The van der Waals surface area contributed by atoms with Gasteiger partial charge in [0.15, 0.2) is 0 Å². The zero-order chi connectivity index (χ0) is 19.9. The number of aromatic amines is 1. The molecule has 1 aromatic heterocycles. The molecule has 0 aliphatic carbocycles. The number of carboxylic acids is 1. The van der Waals surface area contributed by atoms with E-state index in [1.807, 2.05) is 13.0 Å². The summed E-state index contributed by atoms with van der Waals surface area (Å²) in [7, 11) is 0. The molecule has 1 heterocycles. The van der Waals surface area contributed by atoms with Gasteiger partial charge in [-0.25, -0.2) is 4.79 Å². The molecule has 27 heavy (non-hydrogen) atoms.